The third-order valence-corrected chi connectivity index (χ3v) is 5.29. The summed E-state index contributed by atoms with van der Waals surface area (Å²) >= 11 is 0. The molecule has 0 saturated carbocycles. The number of halogens is 1. The quantitative estimate of drug-likeness (QED) is 0.250. The lowest BCUT2D eigenvalue weighted by molar-refractivity contribution is 0.0283. The molecule has 2 N–H and O–H groups in total. The maximum absolute atomic E-state index is 5.82. The monoisotopic (exact) mass is 466 g/mol. The largest absolute Gasteiger partial charge is 0.373 e. The molecular formula is C19H39IN4O. The third-order valence-electron chi connectivity index (χ3n) is 5.29. The molecule has 25 heavy (non-hydrogen) atoms. The average Bonchev–Trinajstić information content (AvgIpc) is 3.01. The minimum atomic E-state index is -0.0618. The molecule has 2 rings (SSSR count). The van der Waals surface area contributed by atoms with Gasteiger partial charge in [0.25, 0.3) is 0 Å². The van der Waals surface area contributed by atoms with E-state index in [0.717, 1.165) is 51.0 Å². The number of hydrogen-bond acceptors (Lipinski definition) is 3. The fourth-order valence-corrected chi connectivity index (χ4v) is 3.50. The van der Waals surface area contributed by atoms with E-state index in [2.05, 4.69) is 36.3 Å². The number of guanidine groups is 1. The first-order chi connectivity index (χ1) is 11.6. The Bertz CT molecular complexity index is 378. The van der Waals surface area contributed by atoms with Crippen LogP contribution in [0.15, 0.2) is 4.99 Å². The smallest absolute Gasteiger partial charge is 0.191 e. The van der Waals surface area contributed by atoms with Gasteiger partial charge in [-0.25, -0.2) is 0 Å². The van der Waals surface area contributed by atoms with E-state index in [9.17, 15) is 0 Å². The third kappa shape index (κ3) is 8.91. The Morgan fingerprint density at radius 1 is 1.24 bits per heavy atom. The summed E-state index contributed by atoms with van der Waals surface area (Å²) in [6, 6.07) is 0. The number of nitrogens with one attached hydrogen (secondary N) is 2. The van der Waals surface area contributed by atoms with Gasteiger partial charge in [-0.2, -0.15) is 0 Å². The van der Waals surface area contributed by atoms with E-state index in [-0.39, 0.29) is 29.6 Å². The van der Waals surface area contributed by atoms with Crippen LogP contribution < -0.4 is 10.6 Å². The minimum absolute atomic E-state index is 0. The lowest BCUT2D eigenvalue weighted by Crippen LogP contribution is -2.40. The lowest BCUT2D eigenvalue weighted by Gasteiger charge is -2.30. The van der Waals surface area contributed by atoms with Crippen LogP contribution in [-0.2, 0) is 4.74 Å². The molecule has 0 aromatic heterocycles. The second kappa shape index (κ2) is 12.3. The number of hydrogen-bond donors (Lipinski definition) is 2. The van der Waals surface area contributed by atoms with E-state index < -0.39 is 0 Å². The topological polar surface area (TPSA) is 48.9 Å². The van der Waals surface area contributed by atoms with Crippen molar-refractivity contribution in [3.05, 3.63) is 0 Å². The van der Waals surface area contributed by atoms with Crippen LogP contribution in [0, 0.1) is 5.92 Å². The molecule has 5 nitrogen and oxygen atoms in total. The van der Waals surface area contributed by atoms with Gasteiger partial charge in [-0.3, -0.25) is 4.99 Å². The Hall–Kier alpha value is -0.0800. The van der Waals surface area contributed by atoms with Crippen LogP contribution in [0.3, 0.4) is 0 Å². The first-order valence-electron chi connectivity index (χ1n) is 10.00. The summed E-state index contributed by atoms with van der Waals surface area (Å²) in [7, 11) is 0. The first kappa shape index (κ1) is 23.0. The Labute approximate surface area is 171 Å². The zero-order chi connectivity index (χ0) is 17.3. The maximum atomic E-state index is 5.82. The predicted molar refractivity (Wildman–Crippen MR) is 117 cm³/mol. The van der Waals surface area contributed by atoms with Crippen LogP contribution in [-0.4, -0.2) is 62.3 Å². The summed E-state index contributed by atoms with van der Waals surface area (Å²) in [5, 5.41) is 6.81. The van der Waals surface area contributed by atoms with Gasteiger partial charge in [0, 0.05) is 19.7 Å². The van der Waals surface area contributed by atoms with E-state index >= 15 is 0 Å². The van der Waals surface area contributed by atoms with E-state index in [1.165, 1.54) is 45.3 Å². The van der Waals surface area contributed by atoms with Gasteiger partial charge in [0.15, 0.2) is 5.96 Å². The van der Waals surface area contributed by atoms with Gasteiger partial charge in [0.05, 0.1) is 12.1 Å². The van der Waals surface area contributed by atoms with Gasteiger partial charge < -0.3 is 20.3 Å². The van der Waals surface area contributed by atoms with Gasteiger partial charge in [-0.05, 0) is 77.9 Å². The molecule has 0 bridgehead atoms. The van der Waals surface area contributed by atoms with Gasteiger partial charge in [-0.1, -0.05) is 6.92 Å². The van der Waals surface area contributed by atoms with Crippen molar-refractivity contribution in [1.82, 2.24) is 15.5 Å². The number of piperidine rings is 1. The van der Waals surface area contributed by atoms with Crippen molar-refractivity contribution in [3.8, 4) is 0 Å². The van der Waals surface area contributed by atoms with Gasteiger partial charge in [0.2, 0.25) is 0 Å². The molecule has 0 radical (unpaired) electrons. The van der Waals surface area contributed by atoms with Crippen LogP contribution in [0.5, 0.6) is 0 Å². The summed E-state index contributed by atoms with van der Waals surface area (Å²) in [6.45, 7) is 14.0. The van der Waals surface area contributed by atoms with E-state index in [0.29, 0.717) is 0 Å². The standard InChI is InChI=1S/C19H38N4O.HI/c1-4-20-18(22-16-19(3)10-7-15-24-19)21-11-5-6-12-23-13-8-17(2)9-14-23;/h17H,4-16H2,1-3H3,(H2,20,21,22);1H. The van der Waals surface area contributed by atoms with Crippen molar-refractivity contribution in [2.75, 3.05) is 45.9 Å². The molecule has 0 spiro atoms. The highest BCUT2D eigenvalue weighted by molar-refractivity contribution is 14.0. The maximum Gasteiger partial charge on any atom is 0.191 e. The molecule has 2 saturated heterocycles. The molecule has 0 aliphatic carbocycles. The van der Waals surface area contributed by atoms with Crippen molar-refractivity contribution in [2.24, 2.45) is 10.9 Å². The SMILES string of the molecule is CCNC(=NCC1(C)CCCO1)NCCCCN1CCC(C)CC1.I. The van der Waals surface area contributed by atoms with Gasteiger partial charge >= 0.3 is 0 Å². The van der Waals surface area contributed by atoms with Gasteiger partial charge in [0.1, 0.15) is 0 Å². The summed E-state index contributed by atoms with van der Waals surface area (Å²) in [5.74, 6) is 1.86. The number of unbranched alkanes of at least 4 members (excludes halogenated alkanes) is 1. The fraction of sp³-hybridized carbons (Fsp3) is 0.947. The highest BCUT2D eigenvalue weighted by atomic mass is 127. The highest BCUT2D eigenvalue weighted by Crippen LogP contribution is 2.25. The fourth-order valence-electron chi connectivity index (χ4n) is 3.50. The number of nitrogens with zero attached hydrogens (tertiary/aromatic N) is 2. The minimum Gasteiger partial charge on any atom is -0.373 e. The predicted octanol–water partition coefficient (Wildman–Crippen LogP) is 3.24. The zero-order valence-corrected chi connectivity index (χ0v) is 18.8. The van der Waals surface area contributed by atoms with Crippen LogP contribution in [0.1, 0.15) is 59.3 Å². The van der Waals surface area contributed by atoms with Crippen LogP contribution in [0.2, 0.25) is 0 Å². The van der Waals surface area contributed by atoms with Crippen molar-refractivity contribution in [1.29, 1.82) is 0 Å². The number of rotatable bonds is 8. The molecule has 1 unspecified atom stereocenters. The average molecular weight is 466 g/mol. The van der Waals surface area contributed by atoms with Crippen molar-refractivity contribution in [2.45, 2.75) is 64.9 Å². The van der Waals surface area contributed by atoms with Crippen LogP contribution >= 0.6 is 24.0 Å². The van der Waals surface area contributed by atoms with E-state index in [1.54, 1.807) is 0 Å². The second-order valence-electron chi connectivity index (χ2n) is 7.76. The number of ether oxygens (including phenoxy) is 1. The van der Waals surface area contributed by atoms with Crippen LogP contribution in [0.25, 0.3) is 0 Å². The molecule has 2 aliphatic rings. The lowest BCUT2D eigenvalue weighted by atomic mass is 9.99. The Morgan fingerprint density at radius 3 is 2.64 bits per heavy atom. The van der Waals surface area contributed by atoms with Gasteiger partial charge in [-0.15, -0.1) is 24.0 Å². The molecule has 1 atom stereocenters. The normalized spacial score (nSPS) is 25.6. The zero-order valence-electron chi connectivity index (χ0n) is 16.5. The molecular weight excluding hydrogens is 427 g/mol. The summed E-state index contributed by atoms with van der Waals surface area (Å²) in [4.78, 5) is 7.34. The summed E-state index contributed by atoms with van der Waals surface area (Å²) in [5.41, 5.74) is -0.0618. The second-order valence-corrected chi connectivity index (χ2v) is 7.76. The molecule has 0 amide bonds. The molecule has 0 aromatic rings. The Kier molecular flexibility index (Phi) is 11.3. The molecule has 6 heteroatoms. The van der Waals surface area contributed by atoms with E-state index in [4.69, 9.17) is 9.73 Å². The summed E-state index contributed by atoms with van der Waals surface area (Å²) in [6.07, 6.45) is 7.48. The molecule has 2 fully saturated rings. The number of aliphatic imine (C=N–C) groups is 1. The van der Waals surface area contributed by atoms with Crippen molar-refractivity contribution < 1.29 is 4.74 Å². The Balaban J connectivity index is 0.00000312. The molecule has 0 aromatic carbocycles. The number of likely N-dealkylation sites (tertiary alicyclic amines) is 1. The molecule has 2 aliphatic heterocycles. The van der Waals surface area contributed by atoms with E-state index in [1.807, 2.05) is 0 Å². The highest BCUT2D eigenvalue weighted by Gasteiger charge is 2.29. The molecule has 2 heterocycles. The van der Waals surface area contributed by atoms with Crippen molar-refractivity contribution in [3.63, 3.8) is 0 Å². The molecule has 148 valence electrons. The first-order valence-corrected chi connectivity index (χ1v) is 10.00. The van der Waals surface area contributed by atoms with Crippen molar-refractivity contribution >= 4 is 29.9 Å². The Morgan fingerprint density at radius 2 is 2.00 bits per heavy atom. The summed E-state index contributed by atoms with van der Waals surface area (Å²) < 4.78 is 5.82. The van der Waals surface area contributed by atoms with Crippen LogP contribution in [0.4, 0.5) is 0 Å².